The Morgan fingerprint density at radius 1 is 1.16 bits per heavy atom. The highest BCUT2D eigenvalue weighted by molar-refractivity contribution is 9.10. The Bertz CT molecular complexity index is 394. The molecule has 4 heteroatoms. The topological polar surface area (TPSA) is 13.7 Å². The first-order chi connectivity index (χ1) is 9.25. The molecule has 1 aliphatic rings. The third-order valence-electron chi connectivity index (χ3n) is 3.64. The summed E-state index contributed by atoms with van der Waals surface area (Å²) >= 11 is 9.36. The van der Waals surface area contributed by atoms with Gasteiger partial charge < -0.3 is 9.64 Å². The minimum absolute atomic E-state index is 0.729. The van der Waals surface area contributed by atoms with Crippen molar-refractivity contribution in [1.82, 2.24) is 0 Å². The van der Waals surface area contributed by atoms with Crippen molar-refractivity contribution < 1.29 is 9.64 Å². The SMILES string of the molecule is Clc1ccc(OCCCCC[NH+]2CCCC2)c(Br)c1. The Labute approximate surface area is 129 Å². The summed E-state index contributed by atoms with van der Waals surface area (Å²) in [5.74, 6) is 0.884. The molecule has 2 rings (SSSR count). The molecule has 1 N–H and O–H groups in total. The number of likely N-dealkylation sites (tertiary alicyclic amines) is 1. The molecule has 0 spiro atoms. The van der Waals surface area contributed by atoms with Crippen LogP contribution in [0.2, 0.25) is 5.02 Å². The normalized spacial score (nSPS) is 15.9. The molecule has 0 aromatic heterocycles. The van der Waals surface area contributed by atoms with Crippen LogP contribution < -0.4 is 9.64 Å². The average molecular weight is 348 g/mol. The van der Waals surface area contributed by atoms with Gasteiger partial charge in [0.25, 0.3) is 0 Å². The predicted octanol–water partition coefficient (Wildman–Crippen LogP) is 3.33. The molecule has 0 atom stereocenters. The van der Waals surface area contributed by atoms with Gasteiger partial charge in [-0.25, -0.2) is 0 Å². The average Bonchev–Trinajstić information content (AvgIpc) is 2.89. The van der Waals surface area contributed by atoms with Crippen LogP contribution in [0.25, 0.3) is 0 Å². The van der Waals surface area contributed by atoms with Gasteiger partial charge in [-0.15, -0.1) is 0 Å². The van der Waals surface area contributed by atoms with Gasteiger partial charge in [0.1, 0.15) is 5.75 Å². The highest BCUT2D eigenvalue weighted by atomic mass is 79.9. The molecule has 0 aliphatic carbocycles. The van der Waals surface area contributed by atoms with Gasteiger partial charge >= 0.3 is 0 Å². The summed E-state index contributed by atoms with van der Waals surface area (Å²) in [7, 11) is 0. The first kappa shape index (κ1) is 15.1. The number of quaternary nitrogens is 1. The van der Waals surface area contributed by atoms with E-state index >= 15 is 0 Å². The molecule has 1 saturated heterocycles. The minimum atomic E-state index is 0.729. The van der Waals surface area contributed by atoms with E-state index in [1.54, 1.807) is 4.90 Å². The molecule has 0 unspecified atom stereocenters. The molecule has 0 amide bonds. The van der Waals surface area contributed by atoms with Gasteiger partial charge in [0.2, 0.25) is 0 Å². The second-order valence-electron chi connectivity index (χ2n) is 5.19. The molecule has 19 heavy (non-hydrogen) atoms. The van der Waals surface area contributed by atoms with Crippen LogP contribution in [-0.4, -0.2) is 26.2 Å². The first-order valence-corrected chi connectivity index (χ1v) is 8.34. The van der Waals surface area contributed by atoms with E-state index in [2.05, 4.69) is 15.9 Å². The molecular weight excluding hydrogens is 326 g/mol. The van der Waals surface area contributed by atoms with Crippen LogP contribution >= 0.6 is 27.5 Å². The fourth-order valence-corrected chi connectivity index (χ4v) is 3.35. The lowest BCUT2D eigenvalue weighted by molar-refractivity contribution is -0.887. The van der Waals surface area contributed by atoms with Gasteiger partial charge in [-0.05, 0) is 53.4 Å². The monoisotopic (exact) mass is 346 g/mol. The van der Waals surface area contributed by atoms with E-state index in [-0.39, 0.29) is 0 Å². The van der Waals surface area contributed by atoms with E-state index in [9.17, 15) is 0 Å². The van der Waals surface area contributed by atoms with Crippen LogP contribution in [0.15, 0.2) is 22.7 Å². The summed E-state index contributed by atoms with van der Waals surface area (Å²) in [6, 6.07) is 5.65. The standard InChI is InChI=1S/C15H21BrClNO/c16-14-12-13(17)6-7-15(14)19-11-5-1-2-8-18-9-3-4-10-18/h6-7,12H,1-5,8-11H2/p+1. The van der Waals surface area contributed by atoms with Gasteiger partial charge in [0.05, 0.1) is 30.7 Å². The smallest absolute Gasteiger partial charge is 0.133 e. The molecule has 0 radical (unpaired) electrons. The molecule has 1 heterocycles. The van der Waals surface area contributed by atoms with Crippen LogP contribution in [-0.2, 0) is 0 Å². The van der Waals surface area contributed by atoms with Gasteiger partial charge in [-0.2, -0.15) is 0 Å². The zero-order valence-electron chi connectivity index (χ0n) is 11.3. The Morgan fingerprint density at radius 2 is 1.95 bits per heavy atom. The Balaban J connectivity index is 1.56. The molecule has 1 aromatic carbocycles. The third-order valence-corrected chi connectivity index (χ3v) is 4.49. The van der Waals surface area contributed by atoms with E-state index in [4.69, 9.17) is 16.3 Å². The first-order valence-electron chi connectivity index (χ1n) is 7.17. The predicted molar refractivity (Wildman–Crippen MR) is 83.3 cm³/mol. The van der Waals surface area contributed by atoms with Crippen molar-refractivity contribution in [1.29, 1.82) is 0 Å². The summed E-state index contributed by atoms with van der Waals surface area (Å²) in [5.41, 5.74) is 0. The molecule has 1 aromatic rings. The van der Waals surface area contributed by atoms with Gasteiger partial charge in [-0.1, -0.05) is 11.6 Å². The van der Waals surface area contributed by atoms with Crippen molar-refractivity contribution >= 4 is 27.5 Å². The molecule has 106 valence electrons. The highest BCUT2D eigenvalue weighted by Gasteiger charge is 2.13. The second-order valence-corrected chi connectivity index (χ2v) is 6.48. The fraction of sp³-hybridized carbons (Fsp3) is 0.600. The Hall–Kier alpha value is -0.250. The summed E-state index contributed by atoms with van der Waals surface area (Å²) in [5, 5.41) is 0.729. The van der Waals surface area contributed by atoms with Crippen LogP contribution in [0.1, 0.15) is 32.1 Å². The molecule has 1 fully saturated rings. The maximum absolute atomic E-state index is 5.89. The molecule has 2 nitrogen and oxygen atoms in total. The van der Waals surface area contributed by atoms with E-state index < -0.39 is 0 Å². The number of unbranched alkanes of at least 4 members (excludes halogenated alkanes) is 2. The van der Waals surface area contributed by atoms with Crippen molar-refractivity contribution in [2.24, 2.45) is 0 Å². The second kappa shape index (κ2) is 8.13. The number of halogens is 2. The number of hydrogen-bond donors (Lipinski definition) is 1. The lowest BCUT2D eigenvalue weighted by Crippen LogP contribution is -3.09. The molecule has 0 bridgehead atoms. The van der Waals surface area contributed by atoms with E-state index in [0.29, 0.717) is 0 Å². The van der Waals surface area contributed by atoms with Crippen molar-refractivity contribution in [3.8, 4) is 5.75 Å². The summed E-state index contributed by atoms with van der Waals surface area (Å²) in [4.78, 5) is 1.79. The number of rotatable bonds is 7. The lowest BCUT2D eigenvalue weighted by Gasteiger charge is -2.12. The minimum Gasteiger partial charge on any atom is -0.492 e. The summed E-state index contributed by atoms with van der Waals surface area (Å²) in [6.45, 7) is 4.89. The molecular formula is C15H22BrClNO+. The van der Waals surface area contributed by atoms with Gasteiger partial charge in [-0.3, -0.25) is 0 Å². The maximum Gasteiger partial charge on any atom is 0.133 e. The number of benzene rings is 1. The largest absolute Gasteiger partial charge is 0.492 e. The highest BCUT2D eigenvalue weighted by Crippen LogP contribution is 2.28. The summed E-state index contributed by atoms with van der Waals surface area (Å²) in [6.07, 6.45) is 6.55. The fourth-order valence-electron chi connectivity index (χ4n) is 2.55. The van der Waals surface area contributed by atoms with Crippen molar-refractivity contribution in [3.63, 3.8) is 0 Å². The van der Waals surface area contributed by atoms with Gasteiger partial charge in [0.15, 0.2) is 0 Å². The van der Waals surface area contributed by atoms with E-state index in [1.807, 2.05) is 18.2 Å². The van der Waals surface area contributed by atoms with Crippen LogP contribution in [0, 0.1) is 0 Å². The van der Waals surface area contributed by atoms with Crippen molar-refractivity contribution in [2.45, 2.75) is 32.1 Å². The van der Waals surface area contributed by atoms with E-state index in [1.165, 1.54) is 45.3 Å². The maximum atomic E-state index is 5.89. The Kier molecular flexibility index (Phi) is 6.48. The zero-order valence-corrected chi connectivity index (χ0v) is 13.6. The van der Waals surface area contributed by atoms with Crippen molar-refractivity contribution in [3.05, 3.63) is 27.7 Å². The molecule has 1 aliphatic heterocycles. The quantitative estimate of drug-likeness (QED) is 0.747. The van der Waals surface area contributed by atoms with Crippen LogP contribution in [0.3, 0.4) is 0 Å². The molecule has 0 saturated carbocycles. The van der Waals surface area contributed by atoms with Gasteiger partial charge in [0, 0.05) is 17.9 Å². The Morgan fingerprint density at radius 3 is 2.68 bits per heavy atom. The number of nitrogens with one attached hydrogen (secondary N) is 1. The van der Waals surface area contributed by atoms with E-state index in [0.717, 1.165) is 28.3 Å². The zero-order chi connectivity index (χ0) is 13.5. The van der Waals surface area contributed by atoms with Crippen LogP contribution in [0.4, 0.5) is 0 Å². The number of hydrogen-bond acceptors (Lipinski definition) is 1. The number of ether oxygens (including phenoxy) is 1. The van der Waals surface area contributed by atoms with Crippen LogP contribution in [0.5, 0.6) is 5.75 Å². The summed E-state index contributed by atoms with van der Waals surface area (Å²) < 4.78 is 6.68. The van der Waals surface area contributed by atoms with Crippen molar-refractivity contribution in [2.75, 3.05) is 26.2 Å². The third kappa shape index (κ3) is 5.33. The lowest BCUT2D eigenvalue weighted by atomic mass is 10.2.